The van der Waals surface area contributed by atoms with Crippen LogP contribution in [-0.4, -0.2) is 36.5 Å². The van der Waals surface area contributed by atoms with Crippen molar-refractivity contribution >= 4 is 11.8 Å². The molecule has 0 aromatic heterocycles. The third-order valence-corrected chi connectivity index (χ3v) is 4.17. The molecule has 0 saturated heterocycles. The van der Waals surface area contributed by atoms with Gasteiger partial charge in [-0.15, -0.1) is 0 Å². The Morgan fingerprint density at radius 3 is 2.60 bits per heavy atom. The molecule has 3 heteroatoms. The van der Waals surface area contributed by atoms with Gasteiger partial charge in [0.15, 0.2) is 0 Å². The molecule has 0 aromatic rings. The molecule has 15 heavy (non-hydrogen) atoms. The third-order valence-electron chi connectivity index (χ3n) is 3.45. The molecule has 1 saturated carbocycles. The van der Waals surface area contributed by atoms with Gasteiger partial charge in [0.1, 0.15) is 0 Å². The number of thioether (sulfide) groups is 1. The molecule has 1 unspecified atom stereocenters. The number of rotatable bonds is 7. The maximum Gasteiger partial charge on any atom is 0.0628 e. The Hall–Kier alpha value is -0.200. The van der Waals surface area contributed by atoms with Crippen molar-refractivity contribution in [2.45, 2.75) is 38.6 Å². The Kier molecular flexibility index (Phi) is 4.95. The van der Waals surface area contributed by atoms with Gasteiger partial charge in [-0.3, -0.25) is 0 Å². The van der Waals surface area contributed by atoms with Gasteiger partial charge in [-0.2, -0.15) is 17.0 Å². The van der Waals surface area contributed by atoms with Crippen molar-refractivity contribution in [1.29, 1.82) is 5.26 Å². The van der Waals surface area contributed by atoms with Crippen LogP contribution in [0.5, 0.6) is 0 Å². The molecular weight excluding hydrogens is 204 g/mol. The first-order valence-corrected chi connectivity index (χ1v) is 7.13. The second-order valence-corrected chi connectivity index (χ2v) is 5.68. The van der Waals surface area contributed by atoms with Crippen LogP contribution in [0.25, 0.3) is 0 Å². The third kappa shape index (κ3) is 3.70. The zero-order valence-electron chi connectivity index (χ0n) is 10.1. The van der Waals surface area contributed by atoms with Crippen molar-refractivity contribution in [3.63, 3.8) is 0 Å². The topological polar surface area (TPSA) is 27.0 Å². The minimum absolute atomic E-state index is 0.356. The van der Waals surface area contributed by atoms with E-state index in [1.54, 1.807) is 0 Å². The number of nitrogens with zero attached hydrogens (tertiary/aromatic N) is 2. The first-order valence-electron chi connectivity index (χ1n) is 5.73. The molecule has 0 radical (unpaired) electrons. The SMILES string of the molecule is CCC(CSC)N(C)CC1(CC#N)CC1. The molecule has 0 aromatic carbocycles. The summed E-state index contributed by atoms with van der Waals surface area (Å²) in [7, 11) is 2.21. The molecule has 1 atom stereocenters. The molecule has 0 bridgehead atoms. The number of hydrogen-bond donors (Lipinski definition) is 0. The second kappa shape index (κ2) is 5.77. The summed E-state index contributed by atoms with van der Waals surface area (Å²) in [6, 6.07) is 3.01. The molecule has 2 nitrogen and oxygen atoms in total. The van der Waals surface area contributed by atoms with E-state index in [-0.39, 0.29) is 0 Å². The van der Waals surface area contributed by atoms with Gasteiger partial charge in [0.05, 0.1) is 6.07 Å². The van der Waals surface area contributed by atoms with Crippen LogP contribution in [0.1, 0.15) is 32.6 Å². The van der Waals surface area contributed by atoms with E-state index in [1.807, 2.05) is 11.8 Å². The van der Waals surface area contributed by atoms with Gasteiger partial charge in [0.25, 0.3) is 0 Å². The van der Waals surface area contributed by atoms with Gasteiger partial charge in [0.2, 0.25) is 0 Å². The summed E-state index contributed by atoms with van der Waals surface area (Å²) >= 11 is 1.92. The standard InChI is InChI=1S/C12H22N2S/c1-4-11(9-15-3)14(2)10-12(5-6-12)7-8-13/h11H,4-7,9-10H2,1-3H3. The van der Waals surface area contributed by atoms with Gasteiger partial charge < -0.3 is 4.90 Å². The Balaban J connectivity index is 2.40. The molecule has 1 rings (SSSR count). The minimum atomic E-state index is 0.356. The fraction of sp³-hybridized carbons (Fsp3) is 0.917. The lowest BCUT2D eigenvalue weighted by Gasteiger charge is -2.29. The monoisotopic (exact) mass is 226 g/mol. The van der Waals surface area contributed by atoms with Gasteiger partial charge in [-0.25, -0.2) is 0 Å². The highest BCUT2D eigenvalue weighted by Crippen LogP contribution is 2.49. The van der Waals surface area contributed by atoms with Crippen molar-refractivity contribution in [3.8, 4) is 6.07 Å². The highest BCUT2D eigenvalue weighted by Gasteiger charge is 2.43. The van der Waals surface area contributed by atoms with E-state index in [0.717, 1.165) is 13.0 Å². The number of hydrogen-bond acceptors (Lipinski definition) is 3. The number of nitriles is 1. The normalized spacial score (nSPS) is 19.9. The molecular formula is C12H22N2S. The Labute approximate surface area is 98.0 Å². The van der Waals surface area contributed by atoms with Crippen molar-refractivity contribution in [2.24, 2.45) is 5.41 Å². The summed E-state index contributed by atoms with van der Waals surface area (Å²) in [6.07, 6.45) is 6.62. The van der Waals surface area contributed by atoms with E-state index in [9.17, 15) is 0 Å². The highest BCUT2D eigenvalue weighted by atomic mass is 32.2. The van der Waals surface area contributed by atoms with Crippen molar-refractivity contribution < 1.29 is 0 Å². The summed E-state index contributed by atoms with van der Waals surface area (Å²) in [4.78, 5) is 2.46. The van der Waals surface area contributed by atoms with Crippen molar-refractivity contribution in [1.82, 2.24) is 4.90 Å². The minimum Gasteiger partial charge on any atom is -0.302 e. The largest absolute Gasteiger partial charge is 0.302 e. The van der Waals surface area contributed by atoms with E-state index >= 15 is 0 Å². The molecule has 0 aliphatic heterocycles. The predicted octanol–water partition coefficient (Wildman–Crippen LogP) is 2.75. The molecule has 1 fully saturated rings. The maximum absolute atomic E-state index is 8.78. The Morgan fingerprint density at radius 1 is 1.53 bits per heavy atom. The lowest BCUT2D eigenvalue weighted by atomic mass is 10.0. The van der Waals surface area contributed by atoms with Crippen LogP contribution in [0.2, 0.25) is 0 Å². The van der Waals surface area contributed by atoms with Crippen molar-refractivity contribution in [3.05, 3.63) is 0 Å². The molecule has 86 valence electrons. The van der Waals surface area contributed by atoms with E-state index in [0.29, 0.717) is 11.5 Å². The van der Waals surface area contributed by atoms with E-state index in [1.165, 1.54) is 25.0 Å². The van der Waals surface area contributed by atoms with Gasteiger partial charge >= 0.3 is 0 Å². The van der Waals surface area contributed by atoms with Crippen LogP contribution in [-0.2, 0) is 0 Å². The highest BCUT2D eigenvalue weighted by molar-refractivity contribution is 7.98. The van der Waals surface area contributed by atoms with E-state index in [4.69, 9.17) is 5.26 Å². The summed E-state index contributed by atoms with van der Waals surface area (Å²) in [6.45, 7) is 3.36. The molecule has 0 heterocycles. The molecule has 0 amide bonds. The first-order chi connectivity index (χ1) is 7.17. The zero-order chi connectivity index (χ0) is 11.3. The molecule has 0 spiro atoms. The quantitative estimate of drug-likeness (QED) is 0.668. The predicted molar refractivity (Wildman–Crippen MR) is 67.0 cm³/mol. The fourth-order valence-electron chi connectivity index (χ4n) is 2.14. The molecule has 1 aliphatic rings. The summed E-state index contributed by atoms with van der Waals surface area (Å²) in [5.41, 5.74) is 0.356. The van der Waals surface area contributed by atoms with Gasteiger partial charge in [-0.1, -0.05) is 6.92 Å². The average Bonchev–Trinajstić information content (AvgIpc) is 2.94. The van der Waals surface area contributed by atoms with Gasteiger partial charge in [0, 0.05) is 24.8 Å². The van der Waals surface area contributed by atoms with Crippen LogP contribution < -0.4 is 0 Å². The van der Waals surface area contributed by atoms with E-state index in [2.05, 4.69) is 31.2 Å². The lowest BCUT2D eigenvalue weighted by molar-refractivity contribution is 0.207. The van der Waals surface area contributed by atoms with Crippen LogP contribution in [0.15, 0.2) is 0 Å². The van der Waals surface area contributed by atoms with Crippen LogP contribution >= 0.6 is 11.8 Å². The average molecular weight is 226 g/mol. The Bertz CT molecular complexity index is 230. The fourth-order valence-corrected chi connectivity index (χ4v) is 3.02. The smallest absolute Gasteiger partial charge is 0.0628 e. The van der Waals surface area contributed by atoms with Crippen LogP contribution in [0, 0.1) is 16.7 Å². The second-order valence-electron chi connectivity index (χ2n) is 4.77. The first kappa shape index (κ1) is 12.9. The van der Waals surface area contributed by atoms with Crippen LogP contribution in [0.4, 0.5) is 0 Å². The Morgan fingerprint density at radius 2 is 2.20 bits per heavy atom. The molecule has 1 aliphatic carbocycles. The summed E-state index contributed by atoms with van der Waals surface area (Å²) in [5, 5.41) is 8.78. The van der Waals surface area contributed by atoms with E-state index < -0.39 is 0 Å². The lowest BCUT2D eigenvalue weighted by Crippen LogP contribution is -2.37. The summed E-state index contributed by atoms with van der Waals surface area (Å²) in [5.74, 6) is 1.20. The van der Waals surface area contributed by atoms with Crippen LogP contribution in [0.3, 0.4) is 0 Å². The zero-order valence-corrected chi connectivity index (χ0v) is 10.9. The molecule has 0 N–H and O–H groups in total. The van der Waals surface area contributed by atoms with Crippen molar-refractivity contribution in [2.75, 3.05) is 25.6 Å². The summed E-state index contributed by atoms with van der Waals surface area (Å²) < 4.78 is 0. The maximum atomic E-state index is 8.78. The van der Waals surface area contributed by atoms with Gasteiger partial charge in [-0.05, 0) is 38.0 Å².